The summed E-state index contributed by atoms with van der Waals surface area (Å²) in [4.78, 5) is 5.04. The Morgan fingerprint density at radius 2 is 1.92 bits per heavy atom. The summed E-state index contributed by atoms with van der Waals surface area (Å²) in [5, 5.41) is 11.7. The van der Waals surface area contributed by atoms with Gasteiger partial charge in [-0.2, -0.15) is 9.61 Å². The quantitative estimate of drug-likeness (QED) is 0.774. The topological polar surface area (TPSA) is 54.2 Å². The lowest BCUT2D eigenvalue weighted by atomic mass is 9.77. The molecule has 0 atom stereocenters. The van der Waals surface area contributed by atoms with Gasteiger partial charge in [0.05, 0.1) is 11.9 Å². The van der Waals surface area contributed by atoms with E-state index in [4.69, 9.17) is 4.98 Å². The van der Waals surface area contributed by atoms with Crippen molar-refractivity contribution in [2.45, 2.75) is 37.6 Å². The Labute approximate surface area is 147 Å². The SMILES string of the molecule is c1ccc(CNc2c3c(nc4ccnn24)C2(CCNCC2)CC3)cc1. The van der Waals surface area contributed by atoms with Crippen LogP contribution in [0.3, 0.4) is 0 Å². The van der Waals surface area contributed by atoms with Gasteiger partial charge in [0, 0.05) is 23.6 Å². The summed E-state index contributed by atoms with van der Waals surface area (Å²) in [6.45, 7) is 3.00. The maximum Gasteiger partial charge on any atom is 0.157 e. The van der Waals surface area contributed by atoms with E-state index in [-0.39, 0.29) is 5.41 Å². The molecular formula is C20H23N5. The van der Waals surface area contributed by atoms with E-state index < -0.39 is 0 Å². The lowest BCUT2D eigenvalue weighted by Gasteiger charge is -2.34. The second kappa shape index (κ2) is 5.85. The molecule has 5 nitrogen and oxygen atoms in total. The number of hydrogen-bond acceptors (Lipinski definition) is 4. The van der Waals surface area contributed by atoms with Gasteiger partial charge >= 0.3 is 0 Å². The van der Waals surface area contributed by atoms with Crippen LogP contribution < -0.4 is 10.6 Å². The first-order chi connectivity index (χ1) is 12.4. The molecule has 1 aliphatic heterocycles. The summed E-state index contributed by atoms with van der Waals surface area (Å²) in [6, 6.07) is 12.6. The molecule has 2 aromatic heterocycles. The van der Waals surface area contributed by atoms with Crippen LogP contribution in [0.15, 0.2) is 42.6 Å². The zero-order valence-electron chi connectivity index (χ0n) is 14.3. The Kier molecular flexibility index (Phi) is 3.48. The summed E-state index contributed by atoms with van der Waals surface area (Å²) in [6.07, 6.45) is 6.53. The molecule has 1 aliphatic carbocycles. The van der Waals surface area contributed by atoms with Crippen LogP contribution in [-0.4, -0.2) is 27.7 Å². The van der Waals surface area contributed by atoms with Crippen LogP contribution in [0.5, 0.6) is 0 Å². The predicted octanol–water partition coefficient (Wildman–Crippen LogP) is 2.91. The highest BCUT2D eigenvalue weighted by molar-refractivity contribution is 5.59. The molecule has 5 rings (SSSR count). The predicted molar refractivity (Wildman–Crippen MR) is 98.9 cm³/mol. The number of nitrogens with one attached hydrogen (secondary N) is 2. The van der Waals surface area contributed by atoms with E-state index in [0.29, 0.717) is 0 Å². The molecule has 1 fully saturated rings. The second-order valence-electron chi connectivity index (χ2n) is 7.26. The fraction of sp³-hybridized carbons (Fsp3) is 0.400. The number of nitrogens with zero attached hydrogens (tertiary/aromatic N) is 3. The molecule has 0 unspecified atom stereocenters. The van der Waals surface area contributed by atoms with Crippen molar-refractivity contribution in [3.8, 4) is 0 Å². The van der Waals surface area contributed by atoms with Crippen molar-refractivity contribution >= 4 is 11.5 Å². The number of piperidine rings is 1. The Morgan fingerprint density at radius 1 is 1.08 bits per heavy atom. The van der Waals surface area contributed by atoms with Crippen LogP contribution in [0.25, 0.3) is 5.65 Å². The van der Waals surface area contributed by atoms with Gasteiger partial charge in [-0.1, -0.05) is 30.3 Å². The molecule has 0 amide bonds. The molecule has 0 saturated carbocycles. The largest absolute Gasteiger partial charge is 0.366 e. The van der Waals surface area contributed by atoms with Crippen LogP contribution in [0, 0.1) is 0 Å². The molecule has 5 heteroatoms. The monoisotopic (exact) mass is 333 g/mol. The van der Waals surface area contributed by atoms with Gasteiger partial charge in [-0.3, -0.25) is 0 Å². The third-order valence-electron chi connectivity index (χ3n) is 5.85. The Bertz CT molecular complexity index is 893. The van der Waals surface area contributed by atoms with Crippen molar-refractivity contribution in [3.63, 3.8) is 0 Å². The molecule has 0 radical (unpaired) electrons. The minimum absolute atomic E-state index is 0.260. The molecule has 2 N–H and O–H groups in total. The van der Waals surface area contributed by atoms with Crippen molar-refractivity contribution < 1.29 is 0 Å². The van der Waals surface area contributed by atoms with E-state index in [1.807, 2.05) is 16.8 Å². The van der Waals surface area contributed by atoms with Crippen molar-refractivity contribution in [1.29, 1.82) is 0 Å². The van der Waals surface area contributed by atoms with Crippen molar-refractivity contribution in [3.05, 3.63) is 59.4 Å². The summed E-state index contributed by atoms with van der Waals surface area (Å²) in [7, 11) is 0. The average molecular weight is 333 g/mol. The number of anilines is 1. The molecule has 3 aromatic rings. The Morgan fingerprint density at radius 3 is 2.76 bits per heavy atom. The van der Waals surface area contributed by atoms with Crippen LogP contribution in [0.1, 0.15) is 36.1 Å². The first-order valence-electron chi connectivity index (χ1n) is 9.21. The molecule has 1 spiro atoms. The lowest BCUT2D eigenvalue weighted by molar-refractivity contribution is 0.301. The van der Waals surface area contributed by atoms with Crippen LogP contribution in [-0.2, 0) is 18.4 Å². The average Bonchev–Trinajstić information content (AvgIpc) is 3.26. The van der Waals surface area contributed by atoms with E-state index >= 15 is 0 Å². The van der Waals surface area contributed by atoms with Crippen molar-refractivity contribution in [2.75, 3.05) is 18.4 Å². The van der Waals surface area contributed by atoms with E-state index in [1.54, 1.807) is 0 Å². The summed E-state index contributed by atoms with van der Waals surface area (Å²) in [5.41, 5.74) is 5.18. The summed E-state index contributed by atoms with van der Waals surface area (Å²) in [5.74, 6) is 1.13. The van der Waals surface area contributed by atoms with Crippen molar-refractivity contribution in [2.24, 2.45) is 0 Å². The lowest BCUT2D eigenvalue weighted by Crippen LogP contribution is -2.39. The molecule has 3 heterocycles. The zero-order valence-corrected chi connectivity index (χ0v) is 14.3. The Balaban J connectivity index is 1.57. The van der Waals surface area contributed by atoms with Gasteiger partial charge in [0.25, 0.3) is 0 Å². The fourth-order valence-corrected chi connectivity index (χ4v) is 4.49. The van der Waals surface area contributed by atoms with Gasteiger partial charge in [-0.25, -0.2) is 4.98 Å². The first kappa shape index (κ1) is 14.9. The molecule has 2 aliphatic rings. The standard InChI is InChI=1S/C20H23N5/c1-2-4-15(5-3-1)14-22-19-16-6-8-20(9-12-21-13-10-20)18(16)24-17-7-11-23-25(17)19/h1-5,7,11,21-22H,6,8-10,12-14H2. The van der Waals surface area contributed by atoms with Gasteiger partial charge in [-0.05, 0) is 44.3 Å². The van der Waals surface area contributed by atoms with Crippen LogP contribution >= 0.6 is 0 Å². The van der Waals surface area contributed by atoms with Crippen LogP contribution in [0.4, 0.5) is 5.82 Å². The first-order valence-corrected chi connectivity index (χ1v) is 9.21. The second-order valence-corrected chi connectivity index (χ2v) is 7.26. The van der Waals surface area contributed by atoms with Gasteiger partial charge in [-0.15, -0.1) is 0 Å². The normalized spacial score (nSPS) is 18.6. The highest BCUT2D eigenvalue weighted by Gasteiger charge is 2.42. The van der Waals surface area contributed by atoms with E-state index in [2.05, 4.69) is 46.1 Å². The van der Waals surface area contributed by atoms with Gasteiger partial charge < -0.3 is 10.6 Å². The number of aromatic nitrogens is 3. The minimum Gasteiger partial charge on any atom is -0.366 e. The maximum absolute atomic E-state index is 5.04. The van der Waals surface area contributed by atoms with Gasteiger partial charge in [0.2, 0.25) is 0 Å². The molecule has 1 saturated heterocycles. The minimum atomic E-state index is 0.260. The van der Waals surface area contributed by atoms with E-state index in [9.17, 15) is 0 Å². The fourth-order valence-electron chi connectivity index (χ4n) is 4.49. The molecule has 128 valence electrons. The Hall–Kier alpha value is -2.40. The molecule has 1 aromatic carbocycles. The third-order valence-corrected chi connectivity index (χ3v) is 5.85. The maximum atomic E-state index is 5.04. The van der Waals surface area contributed by atoms with E-state index in [1.165, 1.54) is 36.1 Å². The smallest absolute Gasteiger partial charge is 0.157 e. The van der Waals surface area contributed by atoms with Gasteiger partial charge in [0.15, 0.2) is 5.65 Å². The number of benzene rings is 1. The molecule has 0 bridgehead atoms. The summed E-state index contributed by atoms with van der Waals surface area (Å²) < 4.78 is 1.97. The molecular weight excluding hydrogens is 310 g/mol. The number of rotatable bonds is 3. The number of hydrogen-bond donors (Lipinski definition) is 2. The van der Waals surface area contributed by atoms with Gasteiger partial charge in [0.1, 0.15) is 5.82 Å². The van der Waals surface area contributed by atoms with E-state index in [0.717, 1.165) is 37.5 Å². The molecule has 25 heavy (non-hydrogen) atoms. The third kappa shape index (κ3) is 2.42. The highest BCUT2D eigenvalue weighted by Crippen LogP contribution is 2.46. The number of fused-ring (bicyclic) bond motifs is 3. The zero-order chi connectivity index (χ0) is 16.7. The van der Waals surface area contributed by atoms with Crippen LogP contribution in [0.2, 0.25) is 0 Å². The summed E-state index contributed by atoms with van der Waals surface area (Å²) >= 11 is 0. The highest BCUT2D eigenvalue weighted by atomic mass is 15.3. The van der Waals surface area contributed by atoms with Crippen molar-refractivity contribution in [1.82, 2.24) is 19.9 Å².